The SMILES string of the molecule is C=CCNC1CCCC1CNC(=O)OC(C)(C)C. The van der Waals surface area contributed by atoms with Gasteiger partial charge in [-0.1, -0.05) is 12.5 Å². The Hall–Kier alpha value is -1.03. The minimum atomic E-state index is -0.430. The summed E-state index contributed by atoms with van der Waals surface area (Å²) in [6, 6.07) is 0.484. The highest BCUT2D eigenvalue weighted by Gasteiger charge is 2.27. The van der Waals surface area contributed by atoms with Gasteiger partial charge in [-0.25, -0.2) is 4.79 Å². The number of nitrogens with one attached hydrogen (secondary N) is 2. The van der Waals surface area contributed by atoms with Crippen LogP contribution in [0.4, 0.5) is 4.79 Å². The van der Waals surface area contributed by atoms with Crippen LogP contribution in [0, 0.1) is 5.92 Å². The Labute approximate surface area is 110 Å². The summed E-state index contributed by atoms with van der Waals surface area (Å²) in [5.41, 5.74) is -0.430. The summed E-state index contributed by atoms with van der Waals surface area (Å²) in [5.74, 6) is 0.498. The second kappa shape index (κ2) is 6.78. The van der Waals surface area contributed by atoms with E-state index >= 15 is 0 Å². The molecule has 1 rings (SSSR count). The Morgan fingerprint density at radius 1 is 1.44 bits per heavy atom. The third kappa shape index (κ3) is 5.54. The smallest absolute Gasteiger partial charge is 0.407 e. The molecule has 104 valence electrons. The van der Waals surface area contributed by atoms with Crippen molar-refractivity contribution in [1.82, 2.24) is 10.6 Å². The van der Waals surface area contributed by atoms with Gasteiger partial charge >= 0.3 is 6.09 Å². The Morgan fingerprint density at radius 2 is 2.17 bits per heavy atom. The predicted octanol–water partition coefficient (Wildman–Crippen LogP) is 2.46. The molecule has 1 aliphatic carbocycles. The average molecular weight is 254 g/mol. The van der Waals surface area contributed by atoms with Crippen molar-refractivity contribution in [2.24, 2.45) is 5.92 Å². The third-order valence-electron chi connectivity index (χ3n) is 3.09. The lowest BCUT2D eigenvalue weighted by atomic mass is 10.0. The third-order valence-corrected chi connectivity index (χ3v) is 3.09. The first-order valence-corrected chi connectivity index (χ1v) is 6.73. The van der Waals surface area contributed by atoms with Gasteiger partial charge < -0.3 is 15.4 Å². The summed E-state index contributed by atoms with van der Waals surface area (Å²) >= 11 is 0. The van der Waals surface area contributed by atoms with Crippen LogP contribution in [0.25, 0.3) is 0 Å². The van der Waals surface area contributed by atoms with Gasteiger partial charge in [0.2, 0.25) is 0 Å². The number of ether oxygens (including phenoxy) is 1. The van der Waals surface area contributed by atoms with Crippen molar-refractivity contribution in [2.75, 3.05) is 13.1 Å². The monoisotopic (exact) mass is 254 g/mol. The molecule has 2 N–H and O–H groups in total. The second-order valence-electron chi connectivity index (χ2n) is 5.88. The quantitative estimate of drug-likeness (QED) is 0.741. The second-order valence-corrected chi connectivity index (χ2v) is 5.88. The van der Waals surface area contributed by atoms with Crippen LogP contribution in [-0.2, 0) is 4.74 Å². The van der Waals surface area contributed by atoms with Gasteiger partial charge in [0.15, 0.2) is 0 Å². The van der Waals surface area contributed by atoms with E-state index in [1.165, 1.54) is 12.8 Å². The topological polar surface area (TPSA) is 50.4 Å². The molecular formula is C14H26N2O2. The molecule has 0 radical (unpaired) electrons. The van der Waals surface area contributed by atoms with Gasteiger partial charge in [-0.05, 0) is 39.5 Å². The van der Waals surface area contributed by atoms with Gasteiger partial charge in [-0.15, -0.1) is 6.58 Å². The molecule has 0 aromatic heterocycles. The molecule has 0 aromatic carbocycles. The standard InChI is InChI=1S/C14H26N2O2/c1-5-9-15-12-8-6-7-11(12)10-16-13(17)18-14(2,3)4/h5,11-12,15H,1,6-10H2,2-4H3,(H,16,17). The van der Waals surface area contributed by atoms with E-state index in [4.69, 9.17) is 4.74 Å². The van der Waals surface area contributed by atoms with Crippen LogP contribution in [0.2, 0.25) is 0 Å². The van der Waals surface area contributed by atoms with Crippen molar-refractivity contribution >= 4 is 6.09 Å². The maximum absolute atomic E-state index is 11.6. The molecule has 0 aromatic rings. The number of alkyl carbamates (subject to hydrolysis) is 1. The van der Waals surface area contributed by atoms with E-state index in [1.807, 2.05) is 26.8 Å². The van der Waals surface area contributed by atoms with Crippen molar-refractivity contribution < 1.29 is 9.53 Å². The van der Waals surface area contributed by atoms with Gasteiger partial charge in [-0.2, -0.15) is 0 Å². The minimum absolute atomic E-state index is 0.322. The first kappa shape index (κ1) is 15.0. The first-order valence-electron chi connectivity index (χ1n) is 6.73. The zero-order chi connectivity index (χ0) is 13.6. The maximum atomic E-state index is 11.6. The fraction of sp³-hybridized carbons (Fsp3) is 0.786. The highest BCUT2D eigenvalue weighted by molar-refractivity contribution is 5.67. The Morgan fingerprint density at radius 3 is 2.78 bits per heavy atom. The van der Waals surface area contributed by atoms with E-state index in [0.717, 1.165) is 13.0 Å². The molecule has 1 fully saturated rings. The molecule has 18 heavy (non-hydrogen) atoms. The van der Waals surface area contributed by atoms with Crippen LogP contribution in [0.5, 0.6) is 0 Å². The number of hydrogen-bond acceptors (Lipinski definition) is 3. The van der Waals surface area contributed by atoms with E-state index in [-0.39, 0.29) is 6.09 Å². The molecule has 1 saturated carbocycles. The molecule has 4 heteroatoms. The van der Waals surface area contributed by atoms with E-state index < -0.39 is 5.60 Å². The van der Waals surface area contributed by atoms with Gasteiger partial charge in [-0.3, -0.25) is 0 Å². The van der Waals surface area contributed by atoms with Crippen molar-refractivity contribution in [3.63, 3.8) is 0 Å². The number of rotatable bonds is 5. The summed E-state index contributed by atoms with van der Waals surface area (Å²) < 4.78 is 5.23. The molecule has 1 aliphatic rings. The summed E-state index contributed by atoms with van der Waals surface area (Å²) in [7, 11) is 0. The number of hydrogen-bond donors (Lipinski definition) is 2. The summed E-state index contributed by atoms with van der Waals surface area (Å²) in [6.45, 7) is 10.8. The molecule has 4 nitrogen and oxygen atoms in total. The lowest BCUT2D eigenvalue weighted by molar-refractivity contribution is 0.0517. The van der Waals surface area contributed by atoms with E-state index in [9.17, 15) is 4.79 Å². The van der Waals surface area contributed by atoms with Crippen LogP contribution in [0.15, 0.2) is 12.7 Å². The zero-order valence-corrected chi connectivity index (χ0v) is 11.8. The Bertz CT molecular complexity index is 284. The molecule has 0 saturated heterocycles. The molecule has 2 unspecified atom stereocenters. The van der Waals surface area contributed by atoms with Crippen molar-refractivity contribution in [2.45, 2.75) is 51.7 Å². The van der Waals surface area contributed by atoms with Crippen LogP contribution in [0.3, 0.4) is 0 Å². The zero-order valence-electron chi connectivity index (χ0n) is 11.8. The normalized spacial score (nSPS) is 23.7. The highest BCUT2D eigenvalue weighted by Crippen LogP contribution is 2.25. The predicted molar refractivity (Wildman–Crippen MR) is 73.6 cm³/mol. The molecule has 0 bridgehead atoms. The van der Waals surface area contributed by atoms with Crippen LogP contribution < -0.4 is 10.6 Å². The fourth-order valence-electron chi connectivity index (χ4n) is 2.31. The maximum Gasteiger partial charge on any atom is 0.407 e. The summed E-state index contributed by atoms with van der Waals surface area (Å²) in [6.07, 6.45) is 5.10. The van der Waals surface area contributed by atoms with Crippen molar-refractivity contribution in [1.29, 1.82) is 0 Å². The lowest BCUT2D eigenvalue weighted by Crippen LogP contribution is -2.41. The Balaban J connectivity index is 2.29. The van der Waals surface area contributed by atoms with Crippen LogP contribution >= 0.6 is 0 Å². The van der Waals surface area contributed by atoms with Gasteiger partial charge in [0, 0.05) is 19.1 Å². The van der Waals surface area contributed by atoms with E-state index in [2.05, 4.69) is 17.2 Å². The van der Waals surface area contributed by atoms with Crippen molar-refractivity contribution in [3.8, 4) is 0 Å². The highest BCUT2D eigenvalue weighted by atomic mass is 16.6. The van der Waals surface area contributed by atoms with Gasteiger partial charge in [0.05, 0.1) is 0 Å². The molecule has 0 aliphatic heterocycles. The number of amides is 1. The molecular weight excluding hydrogens is 228 g/mol. The Kier molecular flexibility index (Phi) is 5.66. The van der Waals surface area contributed by atoms with E-state index in [0.29, 0.717) is 18.5 Å². The largest absolute Gasteiger partial charge is 0.444 e. The fourth-order valence-corrected chi connectivity index (χ4v) is 2.31. The molecule has 1 amide bonds. The van der Waals surface area contributed by atoms with Gasteiger partial charge in [0.25, 0.3) is 0 Å². The van der Waals surface area contributed by atoms with Gasteiger partial charge in [0.1, 0.15) is 5.60 Å². The lowest BCUT2D eigenvalue weighted by Gasteiger charge is -2.23. The van der Waals surface area contributed by atoms with Crippen LogP contribution in [-0.4, -0.2) is 30.8 Å². The summed E-state index contributed by atoms with van der Waals surface area (Å²) in [5, 5.41) is 6.30. The minimum Gasteiger partial charge on any atom is -0.444 e. The molecule has 0 spiro atoms. The van der Waals surface area contributed by atoms with Crippen molar-refractivity contribution in [3.05, 3.63) is 12.7 Å². The number of carbonyl (C=O) groups is 1. The number of carbonyl (C=O) groups excluding carboxylic acids is 1. The molecule has 2 atom stereocenters. The van der Waals surface area contributed by atoms with E-state index in [1.54, 1.807) is 0 Å². The molecule has 0 heterocycles. The average Bonchev–Trinajstić information content (AvgIpc) is 2.68. The van der Waals surface area contributed by atoms with Crippen LogP contribution in [0.1, 0.15) is 40.0 Å². The summed E-state index contributed by atoms with van der Waals surface area (Å²) in [4.78, 5) is 11.6. The first-order chi connectivity index (χ1) is 8.42.